The van der Waals surface area contributed by atoms with Crippen LogP contribution in [0.15, 0.2) is 18.2 Å². The van der Waals surface area contributed by atoms with Gasteiger partial charge in [-0.2, -0.15) is 0 Å². The molecular formula is C12H13N3O3S. The van der Waals surface area contributed by atoms with E-state index in [1.54, 1.807) is 12.1 Å². The average Bonchev–Trinajstić information content (AvgIpc) is 2.69. The third kappa shape index (κ3) is 3.49. The third-order valence-corrected chi connectivity index (χ3v) is 3.16. The van der Waals surface area contributed by atoms with Crippen molar-refractivity contribution in [2.24, 2.45) is 0 Å². The van der Waals surface area contributed by atoms with Gasteiger partial charge in [0.2, 0.25) is 5.91 Å². The molecular weight excluding hydrogens is 266 g/mol. The molecule has 2 rings (SSSR count). The van der Waals surface area contributed by atoms with E-state index in [0.29, 0.717) is 10.8 Å². The van der Waals surface area contributed by atoms with Crippen molar-refractivity contribution in [2.75, 3.05) is 24.4 Å². The van der Waals surface area contributed by atoms with Gasteiger partial charge in [-0.25, -0.2) is 4.98 Å². The zero-order chi connectivity index (χ0) is 13.8. The molecule has 1 aromatic heterocycles. The van der Waals surface area contributed by atoms with Crippen LogP contribution in [0.25, 0.3) is 10.2 Å². The molecule has 100 valence electrons. The highest BCUT2D eigenvalue weighted by atomic mass is 32.1. The fraction of sp³-hybridized carbons (Fsp3) is 0.250. The molecule has 2 amide bonds. The Balaban J connectivity index is 2.20. The summed E-state index contributed by atoms with van der Waals surface area (Å²) in [6.07, 6.45) is 0. The zero-order valence-corrected chi connectivity index (χ0v) is 11.3. The van der Waals surface area contributed by atoms with Crippen molar-refractivity contribution in [3.05, 3.63) is 18.2 Å². The number of ether oxygens (including phenoxy) is 1. The van der Waals surface area contributed by atoms with E-state index in [9.17, 15) is 9.59 Å². The van der Waals surface area contributed by atoms with Crippen molar-refractivity contribution in [3.8, 4) is 0 Å². The molecule has 0 saturated carbocycles. The van der Waals surface area contributed by atoms with Crippen molar-refractivity contribution in [2.45, 2.75) is 6.92 Å². The molecule has 0 fully saturated rings. The van der Waals surface area contributed by atoms with Gasteiger partial charge in [-0.3, -0.25) is 14.9 Å². The molecule has 0 aliphatic carbocycles. The number of thiazole rings is 1. The van der Waals surface area contributed by atoms with Crippen LogP contribution in [0.3, 0.4) is 0 Å². The minimum atomic E-state index is -0.247. The molecule has 7 heteroatoms. The van der Waals surface area contributed by atoms with Gasteiger partial charge in [0.15, 0.2) is 5.13 Å². The van der Waals surface area contributed by atoms with Gasteiger partial charge in [0.05, 0.1) is 10.2 Å². The van der Waals surface area contributed by atoms with E-state index in [0.717, 1.165) is 10.2 Å². The van der Waals surface area contributed by atoms with Crippen LogP contribution in [-0.2, 0) is 14.3 Å². The second kappa shape index (κ2) is 5.77. The molecule has 1 heterocycles. The van der Waals surface area contributed by atoms with E-state index >= 15 is 0 Å². The first-order valence-electron chi connectivity index (χ1n) is 5.55. The van der Waals surface area contributed by atoms with Crippen molar-refractivity contribution < 1.29 is 14.3 Å². The van der Waals surface area contributed by atoms with Crippen LogP contribution in [0, 0.1) is 0 Å². The second-order valence-corrected chi connectivity index (χ2v) is 4.89. The van der Waals surface area contributed by atoms with Crippen LogP contribution < -0.4 is 10.6 Å². The summed E-state index contributed by atoms with van der Waals surface area (Å²) in [7, 11) is 1.46. The fourth-order valence-corrected chi connectivity index (χ4v) is 2.47. The third-order valence-electron chi connectivity index (χ3n) is 2.23. The SMILES string of the molecule is COCC(=O)Nc1nc2ccc(NC(C)=O)cc2s1. The number of hydrogen-bond acceptors (Lipinski definition) is 5. The molecule has 0 radical (unpaired) electrons. The number of rotatable bonds is 4. The lowest BCUT2D eigenvalue weighted by Gasteiger charge is -1.99. The summed E-state index contributed by atoms with van der Waals surface area (Å²) in [6.45, 7) is 1.44. The van der Waals surface area contributed by atoms with E-state index < -0.39 is 0 Å². The van der Waals surface area contributed by atoms with Crippen molar-refractivity contribution in [3.63, 3.8) is 0 Å². The number of fused-ring (bicyclic) bond motifs is 1. The van der Waals surface area contributed by atoms with Gasteiger partial charge in [-0.1, -0.05) is 11.3 Å². The van der Waals surface area contributed by atoms with Crippen LogP contribution in [-0.4, -0.2) is 30.5 Å². The summed E-state index contributed by atoms with van der Waals surface area (Å²) in [5.41, 5.74) is 1.48. The molecule has 0 aliphatic heterocycles. The average molecular weight is 279 g/mol. The predicted octanol–water partition coefficient (Wildman–Crippen LogP) is 1.84. The molecule has 0 unspecified atom stereocenters. The monoisotopic (exact) mass is 279 g/mol. The Labute approximate surface area is 113 Å². The van der Waals surface area contributed by atoms with Crippen LogP contribution in [0.1, 0.15) is 6.92 Å². The lowest BCUT2D eigenvalue weighted by Crippen LogP contribution is -2.16. The molecule has 0 atom stereocenters. The Morgan fingerprint density at radius 2 is 2.16 bits per heavy atom. The minimum absolute atomic E-state index is 0.00688. The van der Waals surface area contributed by atoms with Crippen molar-refractivity contribution >= 4 is 44.2 Å². The van der Waals surface area contributed by atoms with E-state index in [1.807, 2.05) is 6.07 Å². The van der Waals surface area contributed by atoms with Gasteiger partial charge < -0.3 is 10.1 Å². The number of aromatic nitrogens is 1. The fourth-order valence-electron chi connectivity index (χ4n) is 1.55. The maximum absolute atomic E-state index is 11.4. The largest absolute Gasteiger partial charge is 0.375 e. The minimum Gasteiger partial charge on any atom is -0.375 e. The van der Waals surface area contributed by atoms with E-state index in [1.165, 1.54) is 25.4 Å². The molecule has 2 aromatic rings. The Morgan fingerprint density at radius 1 is 1.37 bits per heavy atom. The highest BCUT2D eigenvalue weighted by molar-refractivity contribution is 7.22. The summed E-state index contributed by atoms with van der Waals surface area (Å²) < 4.78 is 5.62. The van der Waals surface area contributed by atoms with Crippen molar-refractivity contribution in [1.82, 2.24) is 4.98 Å². The van der Waals surface area contributed by atoms with Gasteiger partial charge in [-0.15, -0.1) is 0 Å². The first-order valence-corrected chi connectivity index (χ1v) is 6.37. The second-order valence-electron chi connectivity index (χ2n) is 3.86. The van der Waals surface area contributed by atoms with Crippen LogP contribution in [0.5, 0.6) is 0 Å². The van der Waals surface area contributed by atoms with Gasteiger partial charge >= 0.3 is 0 Å². The maximum Gasteiger partial charge on any atom is 0.252 e. The zero-order valence-electron chi connectivity index (χ0n) is 10.5. The van der Waals surface area contributed by atoms with Crippen LogP contribution in [0.4, 0.5) is 10.8 Å². The summed E-state index contributed by atoms with van der Waals surface area (Å²) in [5, 5.41) is 5.86. The Kier molecular flexibility index (Phi) is 4.08. The number of carbonyl (C=O) groups excluding carboxylic acids is 2. The summed E-state index contributed by atoms with van der Waals surface area (Å²) in [4.78, 5) is 26.6. The summed E-state index contributed by atoms with van der Waals surface area (Å²) >= 11 is 1.34. The lowest BCUT2D eigenvalue weighted by molar-refractivity contribution is -0.119. The summed E-state index contributed by atoms with van der Waals surface area (Å²) in [5.74, 6) is -0.374. The molecule has 0 aliphatic rings. The normalized spacial score (nSPS) is 10.4. The molecule has 1 aromatic carbocycles. The number of amides is 2. The quantitative estimate of drug-likeness (QED) is 0.895. The Hall–Kier alpha value is -1.99. The Morgan fingerprint density at radius 3 is 2.84 bits per heavy atom. The van der Waals surface area contributed by atoms with Gasteiger partial charge in [0.25, 0.3) is 5.91 Å². The molecule has 19 heavy (non-hydrogen) atoms. The van der Waals surface area contributed by atoms with Crippen LogP contribution in [0.2, 0.25) is 0 Å². The Bertz CT molecular complexity index is 624. The van der Waals surface area contributed by atoms with Gasteiger partial charge in [0, 0.05) is 19.7 Å². The van der Waals surface area contributed by atoms with Gasteiger partial charge in [-0.05, 0) is 18.2 Å². The highest BCUT2D eigenvalue weighted by Gasteiger charge is 2.08. The van der Waals surface area contributed by atoms with E-state index in [2.05, 4.69) is 15.6 Å². The number of nitrogens with zero attached hydrogens (tertiary/aromatic N) is 1. The standard InChI is InChI=1S/C12H13N3O3S/c1-7(16)13-8-3-4-9-10(5-8)19-12(14-9)15-11(17)6-18-2/h3-5H,6H2,1-2H3,(H,13,16)(H,14,15,17). The molecule has 2 N–H and O–H groups in total. The predicted molar refractivity (Wildman–Crippen MR) is 74.4 cm³/mol. The van der Waals surface area contributed by atoms with Crippen LogP contribution >= 0.6 is 11.3 Å². The van der Waals surface area contributed by atoms with E-state index in [-0.39, 0.29) is 18.4 Å². The topological polar surface area (TPSA) is 80.3 Å². The molecule has 0 saturated heterocycles. The smallest absolute Gasteiger partial charge is 0.252 e. The number of carbonyl (C=O) groups is 2. The summed E-state index contributed by atoms with van der Waals surface area (Å²) in [6, 6.07) is 5.38. The number of anilines is 2. The molecule has 0 bridgehead atoms. The lowest BCUT2D eigenvalue weighted by atomic mass is 10.3. The first kappa shape index (κ1) is 13.4. The van der Waals surface area contributed by atoms with E-state index in [4.69, 9.17) is 4.74 Å². The number of benzene rings is 1. The maximum atomic E-state index is 11.4. The first-order chi connectivity index (χ1) is 9.08. The number of nitrogens with one attached hydrogen (secondary N) is 2. The van der Waals surface area contributed by atoms with Crippen molar-refractivity contribution in [1.29, 1.82) is 0 Å². The number of hydrogen-bond donors (Lipinski definition) is 2. The number of methoxy groups -OCH3 is 1. The highest BCUT2D eigenvalue weighted by Crippen LogP contribution is 2.28. The van der Waals surface area contributed by atoms with Gasteiger partial charge in [0.1, 0.15) is 6.61 Å². The molecule has 0 spiro atoms. The molecule has 6 nitrogen and oxygen atoms in total.